The molecule has 4 rings (SSSR count). The van der Waals surface area contributed by atoms with Gasteiger partial charge in [0.2, 0.25) is 11.7 Å². The van der Waals surface area contributed by atoms with E-state index < -0.39 is 11.6 Å². The number of nitrogens with one attached hydrogen (secondary N) is 1. The van der Waals surface area contributed by atoms with Crippen molar-refractivity contribution in [3.05, 3.63) is 69.7 Å². The molecule has 0 fully saturated rings. The molecule has 0 aromatic carbocycles. The van der Waals surface area contributed by atoms with Crippen LogP contribution in [-0.2, 0) is 11.3 Å². The van der Waals surface area contributed by atoms with Crippen molar-refractivity contribution in [1.29, 1.82) is 0 Å². The molecule has 29 heavy (non-hydrogen) atoms. The van der Waals surface area contributed by atoms with Crippen LogP contribution in [0.25, 0.3) is 23.0 Å². The largest absolute Gasteiger partial charge is 0.349 e. The minimum atomic E-state index is -0.704. The maximum absolute atomic E-state index is 12.9. The zero-order valence-corrected chi connectivity index (χ0v) is 16.2. The van der Waals surface area contributed by atoms with Crippen molar-refractivity contribution in [3.8, 4) is 23.0 Å². The van der Waals surface area contributed by atoms with E-state index in [1.807, 2.05) is 17.5 Å². The van der Waals surface area contributed by atoms with Crippen LogP contribution >= 0.6 is 11.3 Å². The Morgan fingerprint density at radius 2 is 2.21 bits per heavy atom. The molecule has 0 aliphatic rings. The van der Waals surface area contributed by atoms with Crippen LogP contribution in [0.15, 0.2) is 63.8 Å². The van der Waals surface area contributed by atoms with Gasteiger partial charge in [0.1, 0.15) is 17.3 Å². The highest BCUT2D eigenvalue weighted by Gasteiger charge is 2.20. The van der Waals surface area contributed by atoms with Crippen LogP contribution in [0.1, 0.15) is 17.8 Å². The summed E-state index contributed by atoms with van der Waals surface area (Å²) in [6, 6.07) is 6.38. The molecule has 0 bridgehead atoms. The molecule has 0 saturated heterocycles. The van der Waals surface area contributed by atoms with Crippen LogP contribution in [0.5, 0.6) is 0 Å². The fourth-order valence-electron chi connectivity index (χ4n) is 2.69. The monoisotopic (exact) mass is 408 g/mol. The highest BCUT2D eigenvalue weighted by Crippen LogP contribution is 2.18. The molecule has 146 valence electrons. The first-order valence-corrected chi connectivity index (χ1v) is 9.63. The van der Waals surface area contributed by atoms with Crippen LogP contribution in [0.2, 0.25) is 0 Å². The molecular weight excluding hydrogens is 392 g/mol. The summed E-state index contributed by atoms with van der Waals surface area (Å²) in [6.45, 7) is 2.08. The van der Waals surface area contributed by atoms with Crippen LogP contribution in [0.3, 0.4) is 0 Å². The fourth-order valence-corrected chi connectivity index (χ4v) is 3.34. The third-order valence-electron chi connectivity index (χ3n) is 4.24. The Kier molecular flexibility index (Phi) is 5.25. The predicted octanol–water partition coefficient (Wildman–Crippen LogP) is 2.29. The summed E-state index contributed by atoms with van der Waals surface area (Å²) in [5.41, 5.74) is 0.230. The quantitative estimate of drug-likeness (QED) is 0.520. The van der Waals surface area contributed by atoms with Gasteiger partial charge in [-0.2, -0.15) is 4.98 Å². The van der Waals surface area contributed by atoms with Crippen molar-refractivity contribution in [1.82, 2.24) is 30.0 Å². The maximum Gasteiger partial charge on any atom is 0.264 e. The van der Waals surface area contributed by atoms with Crippen molar-refractivity contribution in [2.45, 2.75) is 19.5 Å². The first-order valence-electron chi connectivity index (χ1n) is 8.75. The van der Waals surface area contributed by atoms with Crippen LogP contribution in [-0.4, -0.2) is 30.6 Å². The Labute approximate surface area is 169 Å². The Balaban J connectivity index is 1.56. The summed E-state index contributed by atoms with van der Waals surface area (Å²) in [6.07, 6.45) is 6.10. The van der Waals surface area contributed by atoms with Gasteiger partial charge in [0.05, 0.1) is 12.7 Å². The molecule has 0 aliphatic carbocycles. The van der Waals surface area contributed by atoms with E-state index in [0.29, 0.717) is 12.2 Å². The number of hydrogen-bond donors (Lipinski definition) is 1. The van der Waals surface area contributed by atoms with Crippen LogP contribution < -0.4 is 10.9 Å². The van der Waals surface area contributed by atoms with Crippen molar-refractivity contribution < 1.29 is 9.32 Å². The molecule has 1 atom stereocenters. The van der Waals surface area contributed by atoms with E-state index in [2.05, 4.69) is 25.4 Å². The van der Waals surface area contributed by atoms with E-state index in [9.17, 15) is 9.59 Å². The smallest absolute Gasteiger partial charge is 0.264 e. The molecule has 9 nitrogen and oxygen atoms in total. The summed E-state index contributed by atoms with van der Waals surface area (Å²) in [5, 5.41) is 8.64. The molecule has 10 heteroatoms. The summed E-state index contributed by atoms with van der Waals surface area (Å²) in [4.78, 5) is 38.8. The number of nitrogens with zero attached hydrogens (tertiary/aromatic N) is 5. The molecule has 1 N–H and O–H groups in total. The van der Waals surface area contributed by atoms with Gasteiger partial charge in [-0.25, -0.2) is 4.98 Å². The van der Waals surface area contributed by atoms with Gasteiger partial charge in [-0.15, -0.1) is 11.3 Å². The molecule has 1 amide bonds. The molecule has 0 aliphatic heterocycles. The van der Waals surface area contributed by atoms with Gasteiger partial charge in [0.25, 0.3) is 11.4 Å². The van der Waals surface area contributed by atoms with Gasteiger partial charge >= 0.3 is 0 Å². The molecule has 4 aromatic rings. The summed E-state index contributed by atoms with van der Waals surface area (Å²) < 4.78 is 6.57. The van der Waals surface area contributed by atoms with E-state index >= 15 is 0 Å². The van der Waals surface area contributed by atoms with E-state index in [-0.39, 0.29) is 23.2 Å². The number of carbonyl (C=O) groups is 1. The van der Waals surface area contributed by atoms with Gasteiger partial charge in [-0.1, -0.05) is 11.2 Å². The average Bonchev–Trinajstić information content (AvgIpc) is 3.44. The summed E-state index contributed by atoms with van der Waals surface area (Å²) in [7, 11) is 0. The number of rotatable bonds is 6. The Hall–Kier alpha value is -3.66. The lowest BCUT2D eigenvalue weighted by Crippen LogP contribution is -2.35. The number of thiophene rings is 1. The van der Waals surface area contributed by atoms with Gasteiger partial charge in [0, 0.05) is 23.5 Å². The zero-order valence-electron chi connectivity index (χ0n) is 15.3. The lowest BCUT2D eigenvalue weighted by atomic mass is 10.2. The third kappa shape index (κ3) is 3.97. The molecule has 0 saturated carbocycles. The third-order valence-corrected chi connectivity index (χ3v) is 5.11. The number of hydrogen-bond acceptors (Lipinski definition) is 8. The number of amides is 1. The number of aromatic nitrogens is 5. The van der Waals surface area contributed by atoms with E-state index in [1.54, 1.807) is 36.6 Å². The van der Waals surface area contributed by atoms with Gasteiger partial charge < -0.3 is 14.4 Å². The molecule has 4 heterocycles. The topological polar surface area (TPSA) is 116 Å². The summed E-state index contributed by atoms with van der Waals surface area (Å²) >= 11 is 1.56. The van der Waals surface area contributed by atoms with E-state index in [4.69, 9.17) is 4.52 Å². The van der Waals surface area contributed by atoms with Crippen molar-refractivity contribution >= 4 is 17.2 Å². The number of carbonyl (C=O) groups excluding carboxylic acids is 1. The normalized spacial score (nSPS) is 11.9. The highest BCUT2D eigenvalue weighted by atomic mass is 32.1. The van der Waals surface area contributed by atoms with Crippen molar-refractivity contribution in [3.63, 3.8) is 0 Å². The van der Waals surface area contributed by atoms with Gasteiger partial charge in [-0.05, 0) is 30.5 Å². The molecular formula is C19H16N6O3S. The van der Waals surface area contributed by atoms with Crippen molar-refractivity contribution in [2.75, 3.05) is 0 Å². The lowest BCUT2D eigenvalue weighted by molar-refractivity contribution is -0.124. The van der Waals surface area contributed by atoms with Gasteiger partial charge in [-0.3, -0.25) is 14.6 Å². The van der Waals surface area contributed by atoms with E-state index in [1.165, 1.54) is 23.2 Å². The zero-order chi connectivity index (χ0) is 20.2. The maximum atomic E-state index is 12.9. The molecule has 0 radical (unpaired) electrons. The standard InChI is InChI=1S/C19H16N6O3S/c1-12(17(26)22-10-13-4-3-9-29-13)25-8-2-5-14(19(25)27)18-23-16(24-28-18)15-11-20-6-7-21-15/h2-9,11-12H,10H2,1H3,(H,22,26)/t12-/m0/s1. The molecule has 0 unspecified atom stereocenters. The lowest BCUT2D eigenvalue weighted by Gasteiger charge is -2.15. The Bertz CT molecular complexity index is 1170. The minimum absolute atomic E-state index is 0.0520. The summed E-state index contributed by atoms with van der Waals surface area (Å²) in [5.74, 6) is 0.0178. The predicted molar refractivity (Wildman–Crippen MR) is 106 cm³/mol. The molecule has 4 aromatic heterocycles. The Morgan fingerprint density at radius 1 is 1.31 bits per heavy atom. The first-order chi connectivity index (χ1) is 14.1. The second-order valence-corrected chi connectivity index (χ2v) is 7.15. The average molecular weight is 408 g/mol. The van der Waals surface area contributed by atoms with E-state index in [0.717, 1.165) is 4.88 Å². The highest BCUT2D eigenvalue weighted by molar-refractivity contribution is 7.09. The second-order valence-electron chi connectivity index (χ2n) is 6.12. The minimum Gasteiger partial charge on any atom is -0.349 e. The Morgan fingerprint density at radius 3 is 2.97 bits per heavy atom. The van der Waals surface area contributed by atoms with Crippen molar-refractivity contribution in [2.24, 2.45) is 0 Å². The van der Waals surface area contributed by atoms with Crippen LogP contribution in [0.4, 0.5) is 0 Å². The van der Waals surface area contributed by atoms with Gasteiger partial charge in [0.15, 0.2) is 0 Å². The SMILES string of the molecule is C[C@@H](C(=O)NCc1cccs1)n1cccc(-c2nc(-c3cnccn3)no2)c1=O. The molecule has 0 spiro atoms. The van der Waals surface area contributed by atoms with Crippen LogP contribution in [0, 0.1) is 0 Å². The fraction of sp³-hybridized carbons (Fsp3) is 0.158. The second kappa shape index (κ2) is 8.15. The number of pyridine rings is 1. The first kappa shape index (κ1) is 18.7.